The van der Waals surface area contributed by atoms with Crippen LogP contribution >= 0.6 is 11.6 Å². The van der Waals surface area contributed by atoms with Crippen molar-refractivity contribution in [2.24, 2.45) is 5.73 Å². The smallest absolute Gasteiger partial charge is 0.418 e. The standard InChI is InChI=1S/C27H26ClF3N6O3S/c1-40-25-19(10-11-23(35-25)37-41(38,39)22-5-3-2-4-21(22)28)15-12-16-14-33-26(34-18-8-6-17(32)7-9-18)36-24(16)20(13-15)27(29,30)31/h2-5,10-14,17-18H,6-9,32H2,1H3,(H,35,37)(H,33,34,36)/t17-,18-. The van der Waals surface area contributed by atoms with Gasteiger partial charge >= 0.3 is 6.18 Å². The van der Waals surface area contributed by atoms with E-state index in [2.05, 4.69) is 25.0 Å². The first kappa shape index (κ1) is 28.8. The molecule has 0 atom stereocenters. The van der Waals surface area contributed by atoms with E-state index < -0.39 is 21.8 Å². The molecule has 5 rings (SSSR count). The second-order valence-electron chi connectivity index (χ2n) is 9.70. The lowest BCUT2D eigenvalue weighted by Gasteiger charge is -2.26. The van der Waals surface area contributed by atoms with Gasteiger partial charge in [-0.05, 0) is 67.6 Å². The van der Waals surface area contributed by atoms with Crippen LogP contribution in [0, 0.1) is 0 Å². The molecule has 2 heterocycles. The Hall–Kier alpha value is -3.68. The van der Waals surface area contributed by atoms with E-state index in [-0.39, 0.29) is 61.7 Å². The maximum atomic E-state index is 14.2. The van der Waals surface area contributed by atoms with Crippen molar-refractivity contribution >= 4 is 44.3 Å². The third kappa shape index (κ3) is 6.31. The van der Waals surface area contributed by atoms with Crippen LogP contribution in [0.15, 0.2) is 59.6 Å². The van der Waals surface area contributed by atoms with Crippen molar-refractivity contribution in [2.75, 3.05) is 17.1 Å². The van der Waals surface area contributed by atoms with Crippen LogP contribution < -0.4 is 20.5 Å². The first-order valence-corrected chi connectivity index (χ1v) is 14.5. The molecule has 14 heteroatoms. The van der Waals surface area contributed by atoms with Crippen molar-refractivity contribution in [1.82, 2.24) is 15.0 Å². The van der Waals surface area contributed by atoms with Crippen LogP contribution in [0.3, 0.4) is 0 Å². The number of nitrogens with zero attached hydrogens (tertiary/aromatic N) is 3. The SMILES string of the molecule is COc1nc(NS(=O)(=O)c2ccccc2Cl)ccc1-c1cc(C(F)(F)F)c2nc(N[C@H]3CC[C@H](N)CC3)ncc2c1. The maximum Gasteiger partial charge on any atom is 0.418 e. The molecular weight excluding hydrogens is 581 g/mol. The summed E-state index contributed by atoms with van der Waals surface area (Å²) in [4.78, 5) is 12.5. The van der Waals surface area contributed by atoms with Crippen LogP contribution in [0.4, 0.5) is 24.9 Å². The number of fused-ring (bicyclic) bond motifs is 1. The quantitative estimate of drug-likeness (QED) is 0.238. The summed E-state index contributed by atoms with van der Waals surface area (Å²) in [5.74, 6) is -0.0813. The lowest BCUT2D eigenvalue weighted by Crippen LogP contribution is -2.33. The van der Waals surface area contributed by atoms with Gasteiger partial charge in [-0.25, -0.2) is 18.4 Å². The number of sulfonamides is 1. The molecular formula is C27H26ClF3N6O3S. The zero-order chi connectivity index (χ0) is 29.4. The van der Waals surface area contributed by atoms with E-state index in [4.69, 9.17) is 22.1 Å². The Morgan fingerprint density at radius 2 is 1.78 bits per heavy atom. The number of rotatable bonds is 7. The van der Waals surface area contributed by atoms with Crippen molar-refractivity contribution in [1.29, 1.82) is 0 Å². The molecule has 2 aromatic carbocycles. The zero-order valence-electron chi connectivity index (χ0n) is 21.7. The van der Waals surface area contributed by atoms with Crippen molar-refractivity contribution in [3.63, 3.8) is 0 Å². The summed E-state index contributed by atoms with van der Waals surface area (Å²) in [6.07, 6.45) is -0.181. The molecule has 0 saturated heterocycles. The number of methoxy groups -OCH3 is 1. The number of pyridine rings is 1. The molecule has 0 spiro atoms. The average molecular weight is 607 g/mol. The van der Waals surface area contributed by atoms with Crippen molar-refractivity contribution < 1.29 is 26.3 Å². The summed E-state index contributed by atoms with van der Waals surface area (Å²) in [6.45, 7) is 0. The Kier molecular flexibility index (Phi) is 7.95. The van der Waals surface area contributed by atoms with E-state index in [9.17, 15) is 21.6 Å². The first-order valence-electron chi connectivity index (χ1n) is 12.7. The monoisotopic (exact) mass is 606 g/mol. The molecule has 1 aliphatic carbocycles. The normalized spacial score (nSPS) is 17.8. The topological polar surface area (TPSA) is 132 Å². The summed E-state index contributed by atoms with van der Waals surface area (Å²) in [6, 6.07) is 11.2. The number of hydrogen-bond donors (Lipinski definition) is 3. The Morgan fingerprint density at radius 3 is 2.46 bits per heavy atom. The molecule has 0 bridgehead atoms. The Balaban J connectivity index is 1.50. The second kappa shape index (κ2) is 11.3. The number of aromatic nitrogens is 3. The van der Waals surface area contributed by atoms with E-state index in [0.29, 0.717) is 0 Å². The predicted molar refractivity (Wildman–Crippen MR) is 150 cm³/mol. The van der Waals surface area contributed by atoms with Crippen molar-refractivity contribution in [3.05, 3.63) is 65.3 Å². The molecule has 0 radical (unpaired) electrons. The summed E-state index contributed by atoms with van der Waals surface area (Å²) in [5, 5.41) is 3.32. The van der Waals surface area contributed by atoms with Gasteiger partial charge in [0.2, 0.25) is 11.8 Å². The van der Waals surface area contributed by atoms with E-state index in [1.54, 1.807) is 6.07 Å². The van der Waals surface area contributed by atoms with Gasteiger partial charge in [0.15, 0.2) is 0 Å². The highest BCUT2D eigenvalue weighted by molar-refractivity contribution is 7.92. The second-order valence-corrected chi connectivity index (χ2v) is 11.8. The summed E-state index contributed by atoms with van der Waals surface area (Å²) < 4.78 is 76.0. The number of nitrogens with two attached hydrogens (primary N) is 1. The van der Waals surface area contributed by atoms with Gasteiger partial charge < -0.3 is 15.8 Å². The fourth-order valence-electron chi connectivity index (χ4n) is 4.76. The first-order chi connectivity index (χ1) is 19.4. The molecule has 1 fully saturated rings. The molecule has 0 amide bonds. The summed E-state index contributed by atoms with van der Waals surface area (Å²) in [5.41, 5.74) is 5.10. The molecule has 1 aliphatic rings. The minimum atomic E-state index is -4.72. The van der Waals surface area contributed by atoms with Gasteiger partial charge in [-0.3, -0.25) is 4.72 Å². The molecule has 41 heavy (non-hydrogen) atoms. The van der Waals surface area contributed by atoms with Gasteiger partial charge in [-0.15, -0.1) is 0 Å². The highest BCUT2D eigenvalue weighted by Crippen LogP contribution is 2.40. The predicted octanol–water partition coefficient (Wildman–Crippen LogP) is 5.86. The molecule has 4 aromatic rings. The number of benzene rings is 2. The van der Waals surface area contributed by atoms with Crippen LogP contribution in [0.5, 0.6) is 5.88 Å². The third-order valence-electron chi connectivity index (χ3n) is 6.82. The highest BCUT2D eigenvalue weighted by atomic mass is 35.5. The minimum Gasteiger partial charge on any atom is -0.480 e. The minimum absolute atomic E-state index is 0.0166. The molecule has 4 N–H and O–H groups in total. The third-order valence-corrected chi connectivity index (χ3v) is 8.68. The van der Waals surface area contributed by atoms with E-state index in [1.165, 1.54) is 49.7 Å². The number of anilines is 2. The van der Waals surface area contributed by atoms with Gasteiger partial charge in [0.1, 0.15) is 10.7 Å². The Morgan fingerprint density at radius 1 is 1.05 bits per heavy atom. The molecule has 2 aromatic heterocycles. The molecule has 9 nitrogen and oxygen atoms in total. The lowest BCUT2D eigenvalue weighted by molar-refractivity contribution is -0.136. The number of nitrogens with one attached hydrogen (secondary N) is 2. The van der Waals surface area contributed by atoms with Crippen molar-refractivity contribution in [2.45, 2.75) is 48.8 Å². The van der Waals surface area contributed by atoms with E-state index >= 15 is 0 Å². The highest BCUT2D eigenvalue weighted by Gasteiger charge is 2.35. The number of alkyl halides is 3. The Labute approximate surface area is 239 Å². The summed E-state index contributed by atoms with van der Waals surface area (Å²) >= 11 is 6.03. The fourth-order valence-corrected chi connectivity index (χ4v) is 6.28. The van der Waals surface area contributed by atoms with Crippen LogP contribution in [0.25, 0.3) is 22.0 Å². The molecule has 1 saturated carbocycles. The van der Waals surface area contributed by atoms with Gasteiger partial charge in [0, 0.05) is 29.2 Å². The molecule has 0 unspecified atom stereocenters. The average Bonchev–Trinajstić information content (AvgIpc) is 2.93. The van der Waals surface area contributed by atoms with Crippen molar-refractivity contribution in [3.8, 4) is 17.0 Å². The fraction of sp³-hybridized carbons (Fsp3) is 0.296. The van der Waals surface area contributed by atoms with Gasteiger partial charge in [-0.2, -0.15) is 18.2 Å². The number of halogens is 4. The summed E-state index contributed by atoms with van der Waals surface area (Å²) in [7, 11) is -2.82. The van der Waals surface area contributed by atoms with E-state index in [1.807, 2.05) is 0 Å². The lowest BCUT2D eigenvalue weighted by atomic mass is 9.92. The van der Waals surface area contributed by atoms with Crippen LogP contribution in [-0.4, -0.2) is 42.6 Å². The largest absolute Gasteiger partial charge is 0.480 e. The Bertz CT molecular complexity index is 1700. The van der Waals surface area contributed by atoms with E-state index in [0.717, 1.165) is 31.7 Å². The maximum absolute atomic E-state index is 14.2. The molecule has 216 valence electrons. The van der Waals surface area contributed by atoms with Gasteiger partial charge in [0.25, 0.3) is 10.0 Å². The van der Waals surface area contributed by atoms with Crippen LogP contribution in [-0.2, 0) is 16.2 Å². The number of hydrogen-bond acceptors (Lipinski definition) is 8. The van der Waals surface area contributed by atoms with Gasteiger partial charge in [-0.1, -0.05) is 23.7 Å². The van der Waals surface area contributed by atoms with Crippen LogP contribution in [0.1, 0.15) is 31.2 Å². The van der Waals surface area contributed by atoms with Gasteiger partial charge in [0.05, 0.1) is 23.2 Å². The number of ether oxygens (including phenoxy) is 1. The zero-order valence-corrected chi connectivity index (χ0v) is 23.3. The van der Waals surface area contributed by atoms with Crippen LogP contribution in [0.2, 0.25) is 5.02 Å². The molecule has 0 aliphatic heterocycles.